The molecule has 2 amide bonds. The molecule has 44 heavy (non-hydrogen) atoms. The molecule has 1 saturated heterocycles. The Balaban J connectivity index is 1.06. The van der Waals surface area contributed by atoms with Crippen molar-refractivity contribution >= 4 is 28.8 Å². The summed E-state index contributed by atoms with van der Waals surface area (Å²) in [5.74, 6) is -0.521. The lowest BCUT2D eigenvalue weighted by Crippen LogP contribution is -2.41. The van der Waals surface area contributed by atoms with E-state index in [1.165, 1.54) is 0 Å². The van der Waals surface area contributed by atoms with Crippen molar-refractivity contribution in [2.75, 3.05) is 6.61 Å². The predicted octanol–water partition coefficient (Wildman–Crippen LogP) is 7.04. The lowest BCUT2D eigenvalue weighted by atomic mass is 9.55. The molecule has 5 aromatic rings. The Bertz CT molecular complexity index is 1860. The Hall–Kier alpha value is -5.23. The van der Waals surface area contributed by atoms with Gasteiger partial charge in [-0.25, -0.2) is 0 Å². The standard InChI is InChI=1S/C38H30N2O4/c1-2-43-32-20-23(18-19-31(32)44-22-25-12-9-11-24-10-3-4-13-26(24)25)21-39-40-37(41)35-33-27-14-5-6-15-28(27)34(36(35)38(40)42)30-17-8-7-16-29(30)33/h3-21,33-36H,2,22H2,1H3/b39-21-/t33?,34?,35-,36-/m0/s1. The molecule has 9 rings (SSSR count). The molecule has 1 aliphatic heterocycles. The first-order valence-corrected chi connectivity index (χ1v) is 15.1. The molecular weight excluding hydrogens is 548 g/mol. The summed E-state index contributed by atoms with van der Waals surface area (Å²) < 4.78 is 12.1. The third-order valence-corrected chi connectivity index (χ3v) is 9.28. The molecule has 0 unspecified atom stereocenters. The molecule has 6 heteroatoms. The molecule has 6 nitrogen and oxygen atoms in total. The number of hydrogen-bond acceptors (Lipinski definition) is 5. The minimum absolute atomic E-state index is 0.156. The van der Waals surface area contributed by atoms with Gasteiger partial charge in [-0.3, -0.25) is 9.59 Å². The van der Waals surface area contributed by atoms with Gasteiger partial charge in [-0.15, -0.1) is 0 Å². The minimum Gasteiger partial charge on any atom is -0.490 e. The zero-order chi connectivity index (χ0) is 29.8. The summed E-state index contributed by atoms with van der Waals surface area (Å²) in [7, 11) is 0. The Morgan fingerprint density at radius 3 is 1.91 bits per heavy atom. The van der Waals surface area contributed by atoms with E-state index in [4.69, 9.17) is 9.47 Å². The van der Waals surface area contributed by atoms with E-state index in [9.17, 15) is 9.59 Å². The number of carbonyl (C=O) groups is 2. The maximum absolute atomic E-state index is 13.9. The predicted molar refractivity (Wildman–Crippen MR) is 169 cm³/mol. The van der Waals surface area contributed by atoms with Crippen molar-refractivity contribution < 1.29 is 19.1 Å². The zero-order valence-electron chi connectivity index (χ0n) is 24.2. The van der Waals surface area contributed by atoms with E-state index >= 15 is 0 Å². The summed E-state index contributed by atoms with van der Waals surface area (Å²) in [4.78, 5) is 27.7. The summed E-state index contributed by atoms with van der Waals surface area (Å²) >= 11 is 0. The Labute approximate surface area is 255 Å². The van der Waals surface area contributed by atoms with Crippen LogP contribution in [0.5, 0.6) is 11.5 Å². The molecule has 1 fully saturated rings. The molecule has 0 N–H and O–H groups in total. The smallest absolute Gasteiger partial charge is 0.254 e. The number of hydrogen-bond donors (Lipinski definition) is 0. The van der Waals surface area contributed by atoms with Crippen molar-refractivity contribution in [2.24, 2.45) is 16.9 Å². The van der Waals surface area contributed by atoms with Gasteiger partial charge in [0.25, 0.3) is 11.8 Å². The molecule has 0 saturated carbocycles. The molecule has 2 bridgehead atoms. The van der Waals surface area contributed by atoms with Crippen LogP contribution in [0.15, 0.2) is 114 Å². The van der Waals surface area contributed by atoms with E-state index in [2.05, 4.69) is 53.6 Å². The van der Waals surface area contributed by atoms with Gasteiger partial charge in [0.05, 0.1) is 24.7 Å². The second kappa shape index (κ2) is 10.5. The highest BCUT2D eigenvalue weighted by Crippen LogP contribution is 2.61. The first kappa shape index (κ1) is 26.4. The van der Waals surface area contributed by atoms with Crippen LogP contribution in [0, 0.1) is 11.8 Å². The van der Waals surface area contributed by atoms with E-state index in [0.717, 1.165) is 43.6 Å². The molecule has 1 heterocycles. The molecule has 3 aliphatic carbocycles. The number of fused-ring (bicyclic) bond motifs is 1. The van der Waals surface area contributed by atoms with Crippen molar-refractivity contribution in [1.29, 1.82) is 0 Å². The second-order valence-electron chi connectivity index (χ2n) is 11.6. The average molecular weight is 579 g/mol. The van der Waals surface area contributed by atoms with Gasteiger partial charge in [-0.1, -0.05) is 91.0 Å². The lowest BCUT2D eigenvalue weighted by Gasteiger charge is -2.45. The van der Waals surface area contributed by atoms with E-state index in [1.807, 2.05) is 67.6 Å². The fourth-order valence-corrected chi connectivity index (χ4v) is 7.47. The van der Waals surface area contributed by atoms with Crippen LogP contribution in [-0.4, -0.2) is 29.6 Å². The van der Waals surface area contributed by atoms with Gasteiger partial charge in [0.15, 0.2) is 11.5 Å². The Morgan fingerprint density at radius 1 is 0.682 bits per heavy atom. The quantitative estimate of drug-likeness (QED) is 0.153. The van der Waals surface area contributed by atoms with Gasteiger partial charge in [-0.05, 0) is 69.3 Å². The summed E-state index contributed by atoms with van der Waals surface area (Å²) in [5, 5.41) is 7.88. The molecule has 0 aromatic heterocycles. The highest BCUT2D eigenvalue weighted by molar-refractivity contribution is 6.08. The summed E-state index contributed by atoms with van der Waals surface area (Å²) in [6.07, 6.45) is 1.56. The fraction of sp³-hybridized carbons (Fsp3) is 0.184. The zero-order valence-corrected chi connectivity index (χ0v) is 24.2. The van der Waals surface area contributed by atoms with Crippen molar-refractivity contribution in [3.05, 3.63) is 143 Å². The number of amides is 2. The maximum atomic E-state index is 13.9. The number of ether oxygens (including phenoxy) is 2. The Morgan fingerprint density at radius 2 is 1.27 bits per heavy atom. The largest absolute Gasteiger partial charge is 0.490 e. The van der Waals surface area contributed by atoms with Crippen molar-refractivity contribution in [3.8, 4) is 11.5 Å². The molecule has 5 aromatic carbocycles. The van der Waals surface area contributed by atoms with Gasteiger partial charge >= 0.3 is 0 Å². The van der Waals surface area contributed by atoms with Gasteiger partial charge < -0.3 is 9.47 Å². The number of benzene rings is 5. The van der Waals surface area contributed by atoms with E-state index < -0.39 is 11.8 Å². The summed E-state index contributed by atoms with van der Waals surface area (Å²) in [6, 6.07) is 36.4. The molecule has 0 spiro atoms. The van der Waals surface area contributed by atoms with Crippen LogP contribution < -0.4 is 9.47 Å². The van der Waals surface area contributed by atoms with Crippen LogP contribution in [0.3, 0.4) is 0 Å². The number of imide groups is 1. The van der Waals surface area contributed by atoms with Crippen LogP contribution >= 0.6 is 0 Å². The van der Waals surface area contributed by atoms with Gasteiger partial charge in [0, 0.05) is 11.8 Å². The highest BCUT2D eigenvalue weighted by Gasteiger charge is 2.61. The normalized spacial score (nSPS) is 21.4. The fourth-order valence-electron chi connectivity index (χ4n) is 7.47. The van der Waals surface area contributed by atoms with Crippen LogP contribution in [0.1, 0.15) is 52.1 Å². The third kappa shape index (κ3) is 4.05. The SMILES string of the molecule is CCOc1cc(/C=N\N2C(=O)[C@H]3C4c5ccccc5C(c5ccccc54)[C@@H]3C2=O)ccc1OCc1cccc2ccccc12. The monoisotopic (exact) mass is 578 g/mol. The van der Waals surface area contributed by atoms with Crippen molar-refractivity contribution in [1.82, 2.24) is 5.01 Å². The minimum atomic E-state index is -0.460. The van der Waals surface area contributed by atoms with Gasteiger partial charge in [0.2, 0.25) is 0 Å². The van der Waals surface area contributed by atoms with Crippen LogP contribution in [-0.2, 0) is 16.2 Å². The second-order valence-corrected chi connectivity index (χ2v) is 11.6. The van der Waals surface area contributed by atoms with Gasteiger partial charge in [-0.2, -0.15) is 10.1 Å². The molecule has 2 atom stereocenters. The van der Waals surface area contributed by atoms with Gasteiger partial charge in [0.1, 0.15) is 6.61 Å². The number of hydrazone groups is 1. The molecule has 216 valence electrons. The van der Waals surface area contributed by atoms with Crippen molar-refractivity contribution in [2.45, 2.75) is 25.4 Å². The maximum Gasteiger partial charge on any atom is 0.254 e. The highest BCUT2D eigenvalue weighted by atomic mass is 16.5. The number of nitrogens with zero attached hydrogens (tertiary/aromatic N) is 2. The molecule has 4 aliphatic rings. The average Bonchev–Trinajstić information content (AvgIpc) is 3.32. The number of rotatable bonds is 7. The van der Waals surface area contributed by atoms with E-state index in [1.54, 1.807) is 6.21 Å². The van der Waals surface area contributed by atoms with E-state index in [0.29, 0.717) is 30.3 Å². The molecule has 0 radical (unpaired) electrons. The summed E-state index contributed by atoms with van der Waals surface area (Å²) in [5.41, 5.74) is 6.36. The number of carbonyl (C=O) groups excluding carboxylic acids is 2. The Kier molecular flexibility index (Phi) is 6.29. The molecular formula is C38H30N2O4. The third-order valence-electron chi connectivity index (χ3n) is 9.28. The lowest BCUT2D eigenvalue weighted by molar-refractivity contribution is -0.139. The van der Waals surface area contributed by atoms with Crippen LogP contribution in [0.25, 0.3) is 10.8 Å². The first-order valence-electron chi connectivity index (χ1n) is 15.1. The first-order chi connectivity index (χ1) is 21.6. The van der Waals surface area contributed by atoms with Crippen LogP contribution in [0.2, 0.25) is 0 Å². The van der Waals surface area contributed by atoms with Crippen molar-refractivity contribution in [3.63, 3.8) is 0 Å². The van der Waals surface area contributed by atoms with E-state index in [-0.39, 0.29) is 23.7 Å². The van der Waals surface area contributed by atoms with Crippen LogP contribution in [0.4, 0.5) is 0 Å². The summed E-state index contributed by atoms with van der Waals surface area (Å²) in [6.45, 7) is 2.77. The topological polar surface area (TPSA) is 68.2 Å².